The molecule has 0 bridgehead atoms. The van der Waals surface area contributed by atoms with Crippen molar-refractivity contribution in [2.75, 3.05) is 5.32 Å². The van der Waals surface area contributed by atoms with Crippen LogP contribution in [0.15, 0.2) is 48.8 Å². The number of halogens is 3. The fourth-order valence-electron chi connectivity index (χ4n) is 5.03. The number of hydrogen-bond acceptors (Lipinski definition) is 6. The van der Waals surface area contributed by atoms with Crippen LogP contribution in [0.1, 0.15) is 41.1 Å². The molecule has 184 valence electrons. The van der Waals surface area contributed by atoms with E-state index in [1.165, 1.54) is 0 Å². The summed E-state index contributed by atoms with van der Waals surface area (Å²) < 4.78 is 50.9. The van der Waals surface area contributed by atoms with E-state index in [1.807, 2.05) is 12.1 Å². The number of aromatic nitrogens is 2. The molecule has 1 aromatic carbocycles. The number of fused-ring (bicyclic) bond motifs is 4. The first-order chi connectivity index (χ1) is 17.3. The molecule has 3 atom stereocenters. The molecule has 0 radical (unpaired) electrons. The summed E-state index contributed by atoms with van der Waals surface area (Å²) in [5.41, 5.74) is 1.08. The summed E-state index contributed by atoms with van der Waals surface area (Å²) in [6.07, 6.45) is -1.00. The minimum Gasteiger partial charge on any atom is -0.489 e. The summed E-state index contributed by atoms with van der Waals surface area (Å²) in [5, 5.41) is 2.75. The lowest BCUT2D eigenvalue weighted by Gasteiger charge is -2.19. The Bertz CT molecular complexity index is 1390. The molecule has 4 heterocycles. The zero-order valence-electron chi connectivity index (χ0n) is 18.8. The van der Waals surface area contributed by atoms with Gasteiger partial charge in [0.15, 0.2) is 0 Å². The number of carbonyl (C=O) groups is 2. The second kappa shape index (κ2) is 8.32. The molecule has 2 aromatic heterocycles. The number of carbonyl (C=O) groups excluding carboxylic acids is 2. The fraction of sp³-hybridized carbons (Fsp3) is 0.308. The molecule has 7 nitrogen and oxygen atoms in total. The SMILES string of the molecule is O=C(Cc1cc(C(F)(F)F)ccn1)C[C@H]1C2Oc3ccc(Oc4ccnc5c4CCC(=O)N5)cc3C21. The smallest absolute Gasteiger partial charge is 0.416 e. The van der Waals surface area contributed by atoms with Crippen molar-refractivity contribution in [3.63, 3.8) is 0 Å². The largest absolute Gasteiger partial charge is 0.489 e. The number of ether oxygens (including phenoxy) is 2. The van der Waals surface area contributed by atoms with Gasteiger partial charge >= 0.3 is 6.18 Å². The Labute approximate surface area is 203 Å². The number of rotatable bonds is 6. The summed E-state index contributed by atoms with van der Waals surface area (Å²) in [6, 6.07) is 9.09. The second-order valence-corrected chi connectivity index (χ2v) is 9.21. The summed E-state index contributed by atoms with van der Waals surface area (Å²) in [7, 11) is 0. The highest BCUT2D eigenvalue weighted by molar-refractivity contribution is 5.93. The maximum Gasteiger partial charge on any atom is 0.416 e. The maximum atomic E-state index is 12.9. The van der Waals surface area contributed by atoms with Gasteiger partial charge in [-0.1, -0.05) is 0 Å². The first-order valence-electron chi connectivity index (χ1n) is 11.6. The van der Waals surface area contributed by atoms with Crippen LogP contribution in [0.25, 0.3) is 0 Å². The van der Waals surface area contributed by atoms with Gasteiger partial charge in [0.1, 0.15) is 35.0 Å². The van der Waals surface area contributed by atoms with Gasteiger partial charge in [-0.3, -0.25) is 14.6 Å². The Kier molecular flexibility index (Phi) is 5.20. The molecule has 1 amide bonds. The number of hydrogen-bond donors (Lipinski definition) is 1. The van der Waals surface area contributed by atoms with E-state index < -0.39 is 11.7 Å². The lowest BCUT2D eigenvalue weighted by Crippen LogP contribution is -2.20. The van der Waals surface area contributed by atoms with Crippen LogP contribution in [0.5, 0.6) is 17.2 Å². The Balaban J connectivity index is 1.13. The zero-order chi connectivity index (χ0) is 25.0. The maximum absolute atomic E-state index is 12.9. The average molecular weight is 495 g/mol. The van der Waals surface area contributed by atoms with Crippen molar-refractivity contribution in [3.05, 3.63) is 71.2 Å². The van der Waals surface area contributed by atoms with E-state index >= 15 is 0 Å². The van der Waals surface area contributed by atoms with Crippen molar-refractivity contribution in [2.24, 2.45) is 5.92 Å². The van der Waals surface area contributed by atoms with Crippen LogP contribution in [0.4, 0.5) is 19.0 Å². The first-order valence-corrected chi connectivity index (χ1v) is 11.6. The Morgan fingerprint density at radius 1 is 1.11 bits per heavy atom. The van der Waals surface area contributed by atoms with E-state index in [1.54, 1.807) is 18.3 Å². The van der Waals surface area contributed by atoms with E-state index in [2.05, 4.69) is 15.3 Å². The number of ketones is 1. The molecule has 1 fully saturated rings. The van der Waals surface area contributed by atoms with Crippen molar-refractivity contribution in [2.45, 2.75) is 43.9 Å². The van der Waals surface area contributed by atoms with Crippen LogP contribution in [-0.4, -0.2) is 27.8 Å². The number of benzene rings is 1. The van der Waals surface area contributed by atoms with Crippen LogP contribution < -0.4 is 14.8 Å². The second-order valence-electron chi connectivity index (χ2n) is 9.21. The molecule has 0 saturated heterocycles. The minimum atomic E-state index is -4.48. The number of amides is 1. The molecular weight excluding hydrogens is 475 g/mol. The molecule has 3 aliphatic rings. The molecule has 1 aliphatic carbocycles. The third-order valence-electron chi connectivity index (χ3n) is 6.79. The average Bonchev–Trinajstić information content (AvgIpc) is 3.34. The summed E-state index contributed by atoms with van der Waals surface area (Å²) >= 11 is 0. The highest BCUT2D eigenvalue weighted by Gasteiger charge is 2.59. The predicted molar refractivity (Wildman–Crippen MR) is 121 cm³/mol. The molecule has 3 aromatic rings. The van der Waals surface area contributed by atoms with Crippen LogP contribution in [0, 0.1) is 5.92 Å². The normalized spacial score (nSPS) is 21.5. The minimum absolute atomic E-state index is 0.0325. The van der Waals surface area contributed by atoms with Gasteiger partial charge in [-0.05, 0) is 42.8 Å². The van der Waals surface area contributed by atoms with Gasteiger partial charge < -0.3 is 14.8 Å². The Morgan fingerprint density at radius 3 is 2.78 bits per heavy atom. The van der Waals surface area contributed by atoms with E-state index in [4.69, 9.17) is 9.47 Å². The van der Waals surface area contributed by atoms with E-state index in [-0.39, 0.29) is 48.2 Å². The standard InChI is InChI=1S/C26H20F3N3O4/c27-26(28,29)13-5-7-30-14(9-13)10-15(33)11-19-23-18-12-16(1-3-20(18)36-24(19)23)35-21-6-8-31-25-17(21)2-4-22(34)32-25/h1,3,5-9,12,19,23-24H,2,4,10-11H2,(H,31,32,34)/t19-,23?,24?/m1/s1. The number of Topliss-reactive ketones (excluding diaryl/α,β-unsaturated/α-hetero) is 1. The number of alkyl halides is 3. The quantitative estimate of drug-likeness (QED) is 0.526. The molecule has 1 N–H and O–H groups in total. The molecule has 1 saturated carbocycles. The lowest BCUT2D eigenvalue weighted by atomic mass is 10.0. The molecule has 2 unspecified atom stereocenters. The molecule has 36 heavy (non-hydrogen) atoms. The van der Waals surface area contributed by atoms with Gasteiger partial charge in [0, 0.05) is 60.3 Å². The molecule has 10 heteroatoms. The monoisotopic (exact) mass is 495 g/mol. The summed E-state index contributed by atoms with van der Waals surface area (Å²) in [6.45, 7) is 0. The molecular formula is C26H20F3N3O4. The first kappa shape index (κ1) is 22.5. The van der Waals surface area contributed by atoms with Crippen molar-refractivity contribution >= 4 is 17.5 Å². The number of nitrogens with one attached hydrogen (secondary N) is 1. The van der Waals surface area contributed by atoms with Crippen LogP contribution in [0.2, 0.25) is 0 Å². The highest BCUT2D eigenvalue weighted by atomic mass is 19.4. The van der Waals surface area contributed by atoms with Gasteiger partial charge in [-0.25, -0.2) is 4.98 Å². The van der Waals surface area contributed by atoms with Crippen molar-refractivity contribution < 1.29 is 32.2 Å². The number of pyridine rings is 2. The lowest BCUT2D eigenvalue weighted by molar-refractivity contribution is -0.137. The number of anilines is 1. The third kappa shape index (κ3) is 4.16. The fourth-order valence-corrected chi connectivity index (χ4v) is 5.03. The predicted octanol–water partition coefficient (Wildman–Crippen LogP) is 4.85. The van der Waals surface area contributed by atoms with Crippen LogP contribution in [0.3, 0.4) is 0 Å². The van der Waals surface area contributed by atoms with Crippen LogP contribution >= 0.6 is 0 Å². The van der Waals surface area contributed by atoms with Gasteiger partial charge in [0.2, 0.25) is 5.91 Å². The van der Waals surface area contributed by atoms with Crippen molar-refractivity contribution in [1.29, 1.82) is 0 Å². The van der Waals surface area contributed by atoms with Gasteiger partial charge in [-0.15, -0.1) is 0 Å². The summed E-state index contributed by atoms with van der Waals surface area (Å²) in [4.78, 5) is 32.4. The highest BCUT2D eigenvalue weighted by Crippen LogP contribution is 2.60. The van der Waals surface area contributed by atoms with E-state index in [0.717, 1.165) is 35.2 Å². The Hall–Kier alpha value is -3.95. The Morgan fingerprint density at radius 2 is 1.94 bits per heavy atom. The van der Waals surface area contributed by atoms with Crippen LogP contribution in [-0.2, 0) is 28.6 Å². The van der Waals surface area contributed by atoms with Gasteiger partial charge in [0.05, 0.1) is 5.56 Å². The van der Waals surface area contributed by atoms with E-state index in [9.17, 15) is 22.8 Å². The summed E-state index contributed by atoms with van der Waals surface area (Å²) in [5.74, 6) is 2.21. The van der Waals surface area contributed by atoms with Gasteiger partial charge in [-0.2, -0.15) is 13.2 Å². The third-order valence-corrected chi connectivity index (χ3v) is 6.79. The van der Waals surface area contributed by atoms with Crippen molar-refractivity contribution in [3.8, 4) is 17.2 Å². The molecule has 0 spiro atoms. The number of nitrogens with zero attached hydrogens (tertiary/aromatic N) is 2. The van der Waals surface area contributed by atoms with Gasteiger partial charge in [0.25, 0.3) is 0 Å². The van der Waals surface area contributed by atoms with E-state index in [0.29, 0.717) is 30.2 Å². The topological polar surface area (TPSA) is 90.4 Å². The molecule has 6 rings (SSSR count). The zero-order valence-corrected chi connectivity index (χ0v) is 18.8. The van der Waals surface area contributed by atoms with Crippen molar-refractivity contribution in [1.82, 2.24) is 9.97 Å². The molecule has 2 aliphatic heterocycles.